The Bertz CT molecular complexity index is 507. The predicted molar refractivity (Wildman–Crippen MR) is 86.7 cm³/mol. The van der Waals surface area contributed by atoms with Gasteiger partial charge in [-0.1, -0.05) is 20.3 Å². The second-order valence-electron chi connectivity index (χ2n) is 5.02. The van der Waals surface area contributed by atoms with Crippen LogP contribution in [0.2, 0.25) is 0 Å². The maximum Gasteiger partial charge on any atom is 0.328 e. The minimum absolute atomic E-state index is 0.0315. The molecule has 1 aromatic rings. The number of nitrogens with zero attached hydrogens (tertiary/aromatic N) is 1. The zero-order valence-electron chi connectivity index (χ0n) is 12.8. The number of carboxylic acid groups (broad SMARTS) is 1. The zero-order chi connectivity index (χ0) is 15.8. The van der Waals surface area contributed by atoms with Crippen LogP contribution < -0.4 is 0 Å². The Balaban J connectivity index is 2.85. The number of carbonyl (C=O) groups is 2. The Kier molecular flexibility index (Phi) is 7.15. The van der Waals surface area contributed by atoms with Crippen LogP contribution in [-0.2, 0) is 4.79 Å². The molecule has 0 aliphatic carbocycles. The lowest BCUT2D eigenvalue weighted by atomic mass is 10.1. The molecular formula is C16H23NO3S. The van der Waals surface area contributed by atoms with Gasteiger partial charge in [0, 0.05) is 28.9 Å². The first-order chi connectivity index (χ1) is 9.99. The van der Waals surface area contributed by atoms with Crippen LogP contribution in [0.1, 0.15) is 55.3 Å². The Hall–Kier alpha value is -1.62. The molecule has 0 radical (unpaired) electrons. The van der Waals surface area contributed by atoms with Crippen molar-refractivity contribution < 1.29 is 14.7 Å². The van der Waals surface area contributed by atoms with Crippen LogP contribution in [0.25, 0.3) is 6.08 Å². The zero-order valence-corrected chi connectivity index (χ0v) is 13.7. The fraction of sp³-hybridized carbons (Fsp3) is 0.500. The maximum absolute atomic E-state index is 12.6. The molecule has 0 saturated heterocycles. The third kappa shape index (κ3) is 5.34. The number of hydrogen-bond acceptors (Lipinski definition) is 3. The quantitative estimate of drug-likeness (QED) is 0.741. The molecule has 0 fully saturated rings. The summed E-state index contributed by atoms with van der Waals surface area (Å²) < 4.78 is 0. The number of rotatable bonds is 8. The number of hydrogen-bond donors (Lipinski definition) is 1. The average molecular weight is 309 g/mol. The van der Waals surface area contributed by atoms with E-state index >= 15 is 0 Å². The van der Waals surface area contributed by atoms with E-state index in [2.05, 4.69) is 20.8 Å². The van der Waals surface area contributed by atoms with Crippen LogP contribution in [0.15, 0.2) is 17.5 Å². The van der Waals surface area contributed by atoms with Crippen molar-refractivity contribution in [1.82, 2.24) is 4.90 Å². The van der Waals surface area contributed by atoms with Crippen LogP contribution in [0.5, 0.6) is 0 Å². The third-order valence-electron chi connectivity index (χ3n) is 3.39. The van der Waals surface area contributed by atoms with Crippen LogP contribution >= 0.6 is 11.3 Å². The van der Waals surface area contributed by atoms with Gasteiger partial charge in [0.25, 0.3) is 5.91 Å². The van der Waals surface area contributed by atoms with Gasteiger partial charge in [-0.25, -0.2) is 4.79 Å². The molecule has 0 aliphatic rings. The van der Waals surface area contributed by atoms with Gasteiger partial charge in [-0.2, -0.15) is 0 Å². The molecule has 1 heterocycles. The van der Waals surface area contributed by atoms with Gasteiger partial charge in [0.05, 0.1) is 5.56 Å². The Labute approximate surface area is 130 Å². The van der Waals surface area contributed by atoms with Crippen molar-refractivity contribution in [3.63, 3.8) is 0 Å². The van der Waals surface area contributed by atoms with Crippen molar-refractivity contribution in [1.29, 1.82) is 0 Å². The van der Waals surface area contributed by atoms with Gasteiger partial charge in [-0.05, 0) is 31.9 Å². The van der Waals surface area contributed by atoms with Crippen LogP contribution in [0.4, 0.5) is 0 Å². The molecule has 1 aromatic heterocycles. The lowest BCUT2D eigenvalue weighted by molar-refractivity contribution is -0.131. The first-order valence-electron chi connectivity index (χ1n) is 7.30. The molecule has 1 amide bonds. The normalized spacial score (nSPS) is 12.5. The highest BCUT2D eigenvalue weighted by molar-refractivity contribution is 7.11. The standard InChI is InChI=1S/C16H23NO3S/c1-4-6-9-17(12(3)5-2)16(20)13-10-14(21-11-13)7-8-15(18)19/h7-8,10-12H,4-6,9H2,1-3H3,(H,18,19). The Morgan fingerprint density at radius 1 is 1.43 bits per heavy atom. The third-order valence-corrected chi connectivity index (χ3v) is 4.29. The molecule has 0 aliphatic heterocycles. The Morgan fingerprint density at radius 2 is 2.14 bits per heavy atom. The van der Waals surface area contributed by atoms with Gasteiger partial charge in [0.2, 0.25) is 0 Å². The highest BCUT2D eigenvalue weighted by Crippen LogP contribution is 2.20. The summed E-state index contributed by atoms with van der Waals surface area (Å²) in [5, 5.41) is 10.4. The molecule has 1 rings (SSSR count). The van der Waals surface area contributed by atoms with E-state index in [0.717, 1.165) is 36.8 Å². The lowest BCUT2D eigenvalue weighted by Crippen LogP contribution is -2.38. The summed E-state index contributed by atoms with van der Waals surface area (Å²) in [6.07, 6.45) is 5.57. The van der Waals surface area contributed by atoms with E-state index in [-0.39, 0.29) is 11.9 Å². The van der Waals surface area contributed by atoms with Gasteiger partial charge < -0.3 is 10.0 Å². The number of thiophene rings is 1. The van der Waals surface area contributed by atoms with E-state index in [4.69, 9.17) is 5.11 Å². The average Bonchev–Trinajstić information content (AvgIpc) is 2.93. The second kappa shape index (κ2) is 8.62. The second-order valence-corrected chi connectivity index (χ2v) is 5.96. The van der Waals surface area contributed by atoms with Gasteiger partial charge in [0.15, 0.2) is 0 Å². The molecule has 0 saturated carbocycles. The van der Waals surface area contributed by atoms with E-state index in [9.17, 15) is 9.59 Å². The van der Waals surface area contributed by atoms with Crippen molar-refractivity contribution in [2.75, 3.05) is 6.54 Å². The minimum Gasteiger partial charge on any atom is -0.478 e. The molecule has 116 valence electrons. The number of amides is 1. The minimum atomic E-state index is -0.986. The molecular weight excluding hydrogens is 286 g/mol. The van der Waals surface area contributed by atoms with E-state index < -0.39 is 5.97 Å². The van der Waals surface area contributed by atoms with Crippen LogP contribution in [0, 0.1) is 0 Å². The first-order valence-corrected chi connectivity index (χ1v) is 8.18. The van der Waals surface area contributed by atoms with E-state index in [1.165, 1.54) is 17.4 Å². The molecule has 0 bridgehead atoms. The highest BCUT2D eigenvalue weighted by Gasteiger charge is 2.20. The highest BCUT2D eigenvalue weighted by atomic mass is 32.1. The Morgan fingerprint density at radius 3 is 2.71 bits per heavy atom. The summed E-state index contributed by atoms with van der Waals surface area (Å²) in [4.78, 5) is 25.8. The summed E-state index contributed by atoms with van der Waals surface area (Å²) in [5.41, 5.74) is 0.640. The van der Waals surface area contributed by atoms with Crippen LogP contribution in [-0.4, -0.2) is 34.5 Å². The SMILES string of the molecule is CCCCN(C(=O)c1csc(C=CC(=O)O)c1)C(C)CC. The summed E-state index contributed by atoms with van der Waals surface area (Å²) in [6, 6.07) is 1.97. The lowest BCUT2D eigenvalue weighted by Gasteiger charge is -2.28. The van der Waals surface area contributed by atoms with Gasteiger partial charge in [-0.15, -0.1) is 11.3 Å². The van der Waals surface area contributed by atoms with E-state index in [0.29, 0.717) is 5.56 Å². The van der Waals surface area contributed by atoms with E-state index in [1.807, 2.05) is 4.90 Å². The molecule has 5 heteroatoms. The monoisotopic (exact) mass is 309 g/mol. The van der Waals surface area contributed by atoms with Crippen LogP contribution in [0.3, 0.4) is 0 Å². The summed E-state index contributed by atoms with van der Waals surface area (Å²) >= 11 is 1.38. The van der Waals surface area contributed by atoms with E-state index in [1.54, 1.807) is 11.4 Å². The maximum atomic E-state index is 12.6. The van der Waals surface area contributed by atoms with Gasteiger partial charge in [-0.3, -0.25) is 4.79 Å². The van der Waals surface area contributed by atoms with Gasteiger partial charge in [0.1, 0.15) is 0 Å². The molecule has 0 spiro atoms. The number of unbranched alkanes of at least 4 members (excludes halogenated alkanes) is 1. The first kappa shape index (κ1) is 17.4. The topological polar surface area (TPSA) is 57.6 Å². The van der Waals surface area contributed by atoms with Crippen molar-refractivity contribution >= 4 is 29.3 Å². The smallest absolute Gasteiger partial charge is 0.328 e. The van der Waals surface area contributed by atoms with Crippen molar-refractivity contribution in [2.24, 2.45) is 0 Å². The van der Waals surface area contributed by atoms with Gasteiger partial charge >= 0.3 is 5.97 Å². The summed E-state index contributed by atoms with van der Waals surface area (Å²) in [7, 11) is 0. The number of carboxylic acids is 1. The largest absolute Gasteiger partial charge is 0.478 e. The molecule has 1 unspecified atom stereocenters. The molecule has 21 heavy (non-hydrogen) atoms. The van der Waals surface area contributed by atoms with Crippen molar-refractivity contribution in [3.05, 3.63) is 28.0 Å². The number of carbonyl (C=O) groups excluding carboxylic acids is 1. The number of aliphatic carboxylic acids is 1. The molecule has 1 atom stereocenters. The summed E-state index contributed by atoms with van der Waals surface area (Å²) in [5.74, 6) is -0.954. The van der Waals surface area contributed by atoms with Crippen molar-refractivity contribution in [3.8, 4) is 0 Å². The fourth-order valence-corrected chi connectivity index (χ4v) is 2.72. The van der Waals surface area contributed by atoms with Crippen molar-refractivity contribution in [2.45, 2.75) is 46.1 Å². The molecule has 4 nitrogen and oxygen atoms in total. The predicted octanol–water partition coefficient (Wildman–Crippen LogP) is 3.89. The molecule has 0 aromatic carbocycles. The molecule has 1 N–H and O–H groups in total. The fourth-order valence-electron chi connectivity index (χ4n) is 1.94. The summed E-state index contributed by atoms with van der Waals surface area (Å²) in [6.45, 7) is 7.01.